The SMILES string of the molecule is CCOCCOc1ccc(NCC(=O)Nc2ccc(NC(C)=O)cc2)cc1. The van der Waals surface area contributed by atoms with E-state index >= 15 is 0 Å². The monoisotopic (exact) mass is 371 g/mol. The van der Waals surface area contributed by atoms with Gasteiger partial charge in [-0.25, -0.2) is 0 Å². The van der Waals surface area contributed by atoms with E-state index in [0.717, 1.165) is 11.4 Å². The Hall–Kier alpha value is -3.06. The van der Waals surface area contributed by atoms with Gasteiger partial charge < -0.3 is 25.4 Å². The zero-order chi connectivity index (χ0) is 19.5. The molecule has 0 bridgehead atoms. The van der Waals surface area contributed by atoms with Crippen molar-refractivity contribution in [2.75, 3.05) is 42.3 Å². The molecule has 7 nitrogen and oxygen atoms in total. The summed E-state index contributed by atoms with van der Waals surface area (Å²) in [6, 6.07) is 14.3. The highest BCUT2D eigenvalue weighted by Gasteiger charge is 2.03. The summed E-state index contributed by atoms with van der Waals surface area (Å²) in [5.74, 6) is 0.449. The predicted octanol–water partition coefficient (Wildman–Crippen LogP) is 3.11. The summed E-state index contributed by atoms with van der Waals surface area (Å²) >= 11 is 0. The molecule has 144 valence electrons. The van der Waals surface area contributed by atoms with Gasteiger partial charge in [-0.1, -0.05) is 0 Å². The molecule has 0 unspecified atom stereocenters. The Balaban J connectivity index is 1.74. The number of hydrogen-bond donors (Lipinski definition) is 3. The van der Waals surface area contributed by atoms with E-state index in [-0.39, 0.29) is 18.4 Å². The summed E-state index contributed by atoms with van der Waals surface area (Å²) < 4.78 is 10.8. The Bertz CT molecular complexity index is 730. The highest BCUT2D eigenvalue weighted by atomic mass is 16.5. The van der Waals surface area contributed by atoms with E-state index < -0.39 is 0 Å². The van der Waals surface area contributed by atoms with E-state index in [4.69, 9.17) is 9.47 Å². The largest absolute Gasteiger partial charge is 0.491 e. The molecule has 0 aromatic heterocycles. The van der Waals surface area contributed by atoms with Gasteiger partial charge in [-0.15, -0.1) is 0 Å². The maximum Gasteiger partial charge on any atom is 0.243 e. The standard InChI is InChI=1S/C20H25N3O4/c1-3-26-12-13-27-19-10-8-16(9-11-19)21-14-20(25)23-18-6-4-17(5-7-18)22-15(2)24/h4-11,21H,3,12-14H2,1-2H3,(H,22,24)(H,23,25). The first kappa shape index (κ1) is 20.3. The van der Waals surface area contributed by atoms with Crippen LogP contribution in [0.15, 0.2) is 48.5 Å². The van der Waals surface area contributed by atoms with Crippen molar-refractivity contribution in [1.82, 2.24) is 0 Å². The molecule has 0 heterocycles. The van der Waals surface area contributed by atoms with Gasteiger partial charge in [0.2, 0.25) is 11.8 Å². The van der Waals surface area contributed by atoms with Gasteiger partial charge in [-0.3, -0.25) is 9.59 Å². The van der Waals surface area contributed by atoms with Crippen LogP contribution in [0.5, 0.6) is 5.75 Å². The molecular formula is C20H25N3O4. The second kappa shape index (κ2) is 10.8. The van der Waals surface area contributed by atoms with Crippen LogP contribution in [-0.2, 0) is 14.3 Å². The lowest BCUT2D eigenvalue weighted by atomic mass is 10.2. The first-order chi connectivity index (χ1) is 13.1. The lowest BCUT2D eigenvalue weighted by molar-refractivity contribution is -0.115. The summed E-state index contributed by atoms with van der Waals surface area (Å²) in [6.45, 7) is 5.26. The van der Waals surface area contributed by atoms with Gasteiger partial charge in [0.15, 0.2) is 0 Å². The van der Waals surface area contributed by atoms with Crippen molar-refractivity contribution < 1.29 is 19.1 Å². The van der Waals surface area contributed by atoms with E-state index in [2.05, 4.69) is 16.0 Å². The average Bonchev–Trinajstić information content (AvgIpc) is 2.66. The van der Waals surface area contributed by atoms with Crippen LogP contribution >= 0.6 is 0 Å². The number of carbonyl (C=O) groups is 2. The molecule has 0 radical (unpaired) electrons. The molecule has 2 aromatic carbocycles. The number of anilines is 3. The van der Waals surface area contributed by atoms with Crippen molar-refractivity contribution in [2.45, 2.75) is 13.8 Å². The van der Waals surface area contributed by atoms with E-state index in [0.29, 0.717) is 31.2 Å². The molecule has 2 amide bonds. The summed E-state index contributed by atoms with van der Waals surface area (Å²) in [5, 5.41) is 8.52. The van der Waals surface area contributed by atoms with Crippen LogP contribution in [0, 0.1) is 0 Å². The fourth-order valence-electron chi connectivity index (χ4n) is 2.26. The minimum absolute atomic E-state index is 0.137. The zero-order valence-electron chi connectivity index (χ0n) is 15.6. The van der Waals surface area contributed by atoms with Crippen molar-refractivity contribution in [1.29, 1.82) is 0 Å². The van der Waals surface area contributed by atoms with Crippen molar-refractivity contribution in [3.63, 3.8) is 0 Å². The Morgan fingerprint density at radius 2 is 1.44 bits per heavy atom. The lowest BCUT2D eigenvalue weighted by Crippen LogP contribution is -2.21. The number of nitrogens with one attached hydrogen (secondary N) is 3. The lowest BCUT2D eigenvalue weighted by Gasteiger charge is -2.10. The van der Waals surface area contributed by atoms with Gasteiger partial charge in [0.25, 0.3) is 0 Å². The highest BCUT2D eigenvalue weighted by molar-refractivity contribution is 5.94. The fraction of sp³-hybridized carbons (Fsp3) is 0.300. The number of carbonyl (C=O) groups excluding carboxylic acids is 2. The molecule has 2 rings (SSSR count). The van der Waals surface area contributed by atoms with E-state index in [1.165, 1.54) is 6.92 Å². The first-order valence-corrected chi connectivity index (χ1v) is 8.79. The van der Waals surface area contributed by atoms with E-state index in [1.54, 1.807) is 24.3 Å². The van der Waals surface area contributed by atoms with Crippen LogP contribution in [0.2, 0.25) is 0 Å². The molecule has 7 heteroatoms. The van der Waals surface area contributed by atoms with Gasteiger partial charge in [0, 0.05) is 30.6 Å². The summed E-state index contributed by atoms with van der Waals surface area (Å²) in [5.41, 5.74) is 2.17. The van der Waals surface area contributed by atoms with Gasteiger partial charge >= 0.3 is 0 Å². The molecule has 0 saturated carbocycles. The second-order valence-corrected chi connectivity index (χ2v) is 5.73. The topological polar surface area (TPSA) is 88.7 Å². The number of amides is 2. The quantitative estimate of drug-likeness (QED) is 0.559. The number of hydrogen-bond acceptors (Lipinski definition) is 5. The summed E-state index contributed by atoms with van der Waals surface area (Å²) in [4.78, 5) is 23.0. The third kappa shape index (κ3) is 7.79. The minimum atomic E-state index is -0.167. The fourth-order valence-corrected chi connectivity index (χ4v) is 2.26. The van der Waals surface area contributed by atoms with Crippen LogP contribution < -0.4 is 20.7 Å². The van der Waals surface area contributed by atoms with E-state index in [9.17, 15) is 9.59 Å². The van der Waals surface area contributed by atoms with Crippen LogP contribution in [0.3, 0.4) is 0 Å². The molecule has 2 aromatic rings. The molecule has 0 aliphatic heterocycles. The summed E-state index contributed by atoms with van der Waals surface area (Å²) in [6.07, 6.45) is 0. The van der Waals surface area contributed by atoms with Crippen molar-refractivity contribution in [3.05, 3.63) is 48.5 Å². The molecule has 0 fully saturated rings. The first-order valence-electron chi connectivity index (χ1n) is 8.79. The maximum atomic E-state index is 12.0. The highest BCUT2D eigenvalue weighted by Crippen LogP contribution is 2.16. The number of ether oxygens (including phenoxy) is 2. The third-order valence-corrected chi connectivity index (χ3v) is 3.50. The maximum absolute atomic E-state index is 12.0. The Labute approximate surface area is 159 Å². The smallest absolute Gasteiger partial charge is 0.243 e. The van der Waals surface area contributed by atoms with E-state index in [1.807, 2.05) is 31.2 Å². The zero-order valence-corrected chi connectivity index (χ0v) is 15.6. The molecule has 0 aliphatic rings. The van der Waals surface area contributed by atoms with Crippen LogP contribution in [0.25, 0.3) is 0 Å². The second-order valence-electron chi connectivity index (χ2n) is 5.73. The normalized spacial score (nSPS) is 10.1. The van der Waals surface area contributed by atoms with Crippen LogP contribution in [-0.4, -0.2) is 38.2 Å². The molecular weight excluding hydrogens is 346 g/mol. The Morgan fingerprint density at radius 1 is 0.852 bits per heavy atom. The van der Waals surface area contributed by atoms with Gasteiger partial charge in [-0.2, -0.15) is 0 Å². The van der Waals surface area contributed by atoms with Crippen molar-refractivity contribution in [3.8, 4) is 5.75 Å². The van der Waals surface area contributed by atoms with Crippen molar-refractivity contribution >= 4 is 28.9 Å². The molecule has 0 atom stereocenters. The number of rotatable bonds is 10. The van der Waals surface area contributed by atoms with Crippen LogP contribution in [0.4, 0.5) is 17.1 Å². The Kier molecular flexibility index (Phi) is 8.12. The molecule has 0 saturated heterocycles. The van der Waals surface area contributed by atoms with Gasteiger partial charge in [-0.05, 0) is 55.5 Å². The minimum Gasteiger partial charge on any atom is -0.491 e. The molecule has 3 N–H and O–H groups in total. The van der Waals surface area contributed by atoms with Crippen molar-refractivity contribution in [2.24, 2.45) is 0 Å². The third-order valence-electron chi connectivity index (χ3n) is 3.50. The molecule has 0 spiro atoms. The molecule has 27 heavy (non-hydrogen) atoms. The Morgan fingerprint density at radius 3 is 2.04 bits per heavy atom. The van der Waals surface area contributed by atoms with Gasteiger partial charge in [0.05, 0.1) is 13.2 Å². The van der Waals surface area contributed by atoms with Crippen LogP contribution in [0.1, 0.15) is 13.8 Å². The number of benzene rings is 2. The summed E-state index contributed by atoms with van der Waals surface area (Å²) in [7, 11) is 0. The predicted molar refractivity (Wildman–Crippen MR) is 106 cm³/mol. The van der Waals surface area contributed by atoms with Gasteiger partial charge in [0.1, 0.15) is 12.4 Å². The molecule has 0 aliphatic carbocycles. The average molecular weight is 371 g/mol.